The molecule has 0 aliphatic rings. The Hall–Kier alpha value is -2.05. The summed E-state index contributed by atoms with van der Waals surface area (Å²) in [6.45, 7) is 7.17. The number of nitrogens with zero attached hydrogens (tertiary/aromatic N) is 4. The van der Waals surface area contributed by atoms with E-state index in [2.05, 4.69) is 20.6 Å². The molecule has 2 aromatic heterocycles. The Labute approximate surface area is 105 Å². The van der Waals surface area contributed by atoms with Crippen LogP contribution >= 0.6 is 0 Å². The molecule has 0 bridgehead atoms. The number of aromatic nitrogens is 4. The molecular formula is C11H18N6O. The fourth-order valence-electron chi connectivity index (χ4n) is 1.75. The molecule has 0 aromatic carbocycles. The maximum Gasteiger partial charge on any atom is 0.223 e. The van der Waals surface area contributed by atoms with Crippen molar-refractivity contribution in [1.29, 1.82) is 0 Å². The highest BCUT2D eigenvalue weighted by molar-refractivity contribution is 5.64. The van der Waals surface area contributed by atoms with Crippen molar-refractivity contribution in [3.05, 3.63) is 17.4 Å². The normalized spacial score (nSPS) is 10.8. The minimum absolute atomic E-state index is 0.582. The zero-order valence-corrected chi connectivity index (χ0v) is 10.9. The topological polar surface area (TPSA) is 94.8 Å². The molecule has 2 aromatic rings. The van der Waals surface area contributed by atoms with Crippen molar-refractivity contribution in [2.75, 3.05) is 17.6 Å². The maximum atomic E-state index is 5.97. The van der Waals surface area contributed by atoms with Crippen LogP contribution in [-0.2, 0) is 13.0 Å². The molecule has 0 saturated carbocycles. The van der Waals surface area contributed by atoms with Crippen LogP contribution in [0, 0.1) is 13.8 Å². The van der Waals surface area contributed by atoms with E-state index >= 15 is 0 Å². The third-order valence-corrected chi connectivity index (χ3v) is 2.68. The van der Waals surface area contributed by atoms with Crippen molar-refractivity contribution in [3.63, 3.8) is 0 Å². The van der Waals surface area contributed by atoms with Gasteiger partial charge in [0, 0.05) is 26.4 Å². The molecule has 0 radical (unpaired) electrons. The van der Waals surface area contributed by atoms with E-state index in [0.29, 0.717) is 30.4 Å². The highest BCUT2D eigenvalue weighted by Crippen LogP contribution is 2.21. The van der Waals surface area contributed by atoms with Crippen molar-refractivity contribution >= 4 is 11.5 Å². The minimum atomic E-state index is 0.582. The second-order valence-electron chi connectivity index (χ2n) is 4.07. The SMILES string of the molecule is CCn1nc(C)c(N)c1NCCc1noc(C)n1. The monoisotopic (exact) mass is 250 g/mol. The van der Waals surface area contributed by atoms with E-state index in [4.69, 9.17) is 10.3 Å². The summed E-state index contributed by atoms with van der Waals surface area (Å²) in [4.78, 5) is 4.14. The van der Waals surface area contributed by atoms with Gasteiger partial charge in [0.1, 0.15) is 5.82 Å². The van der Waals surface area contributed by atoms with Crippen LogP contribution in [0.4, 0.5) is 11.5 Å². The average Bonchev–Trinajstić information content (AvgIpc) is 2.87. The number of rotatable bonds is 5. The molecule has 2 heterocycles. The molecule has 0 aliphatic carbocycles. The summed E-state index contributed by atoms with van der Waals surface area (Å²) in [5.74, 6) is 2.13. The van der Waals surface area contributed by atoms with Crippen LogP contribution in [0.15, 0.2) is 4.52 Å². The third kappa shape index (κ3) is 2.44. The van der Waals surface area contributed by atoms with Gasteiger partial charge in [-0.05, 0) is 13.8 Å². The Balaban J connectivity index is 1.98. The highest BCUT2D eigenvalue weighted by atomic mass is 16.5. The van der Waals surface area contributed by atoms with E-state index in [9.17, 15) is 0 Å². The van der Waals surface area contributed by atoms with Crippen LogP contribution in [0.2, 0.25) is 0 Å². The largest absolute Gasteiger partial charge is 0.394 e. The van der Waals surface area contributed by atoms with Gasteiger partial charge in [-0.1, -0.05) is 5.16 Å². The van der Waals surface area contributed by atoms with Gasteiger partial charge in [0.2, 0.25) is 5.89 Å². The molecule has 0 amide bonds. The summed E-state index contributed by atoms with van der Waals surface area (Å²) < 4.78 is 6.76. The Bertz CT molecular complexity index is 530. The average molecular weight is 250 g/mol. The van der Waals surface area contributed by atoms with Gasteiger partial charge in [-0.2, -0.15) is 10.1 Å². The predicted octanol–water partition coefficient (Wildman–Crippen LogP) is 1.14. The standard InChI is InChI=1S/C11H18N6O/c1-4-17-11(10(12)7(2)15-17)13-6-5-9-14-8(3)18-16-9/h13H,4-6,12H2,1-3H3. The molecule has 2 rings (SSSR count). The summed E-state index contributed by atoms with van der Waals surface area (Å²) >= 11 is 0. The second-order valence-corrected chi connectivity index (χ2v) is 4.07. The van der Waals surface area contributed by atoms with Gasteiger partial charge in [0.05, 0.1) is 11.4 Å². The number of hydrogen-bond donors (Lipinski definition) is 2. The summed E-state index contributed by atoms with van der Waals surface area (Å²) in [5, 5.41) is 11.4. The van der Waals surface area contributed by atoms with E-state index in [0.717, 1.165) is 18.1 Å². The maximum absolute atomic E-state index is 5.97. The lowest BCUT2D eigenvalue weighted by atomic mass is 10.3. The Morgan fingerprint density at radius 1 is 1.39 bits per heavy atom. The van der Waals surface area contributed by atoms with Crippen LogP contribution in [-0.4, -0.2) is 26.5 Å². The smallest absolute Gasteiger partial charge is 0.223 e. The zero-order valence-electron chi connectivity index (χ0n) is 10.9. The zero-order chi connectivity index (χ0) is 13.1. The van der Waals surface area contributed by atoms with Crippen molar-refractivity contribution < 1.29 is 4.52 Å². The van der Waals surface area contributed by atoms with Crippen molar-refractivity contribution in [2.24, 2.45) is 0 Å². The first kappa shape index (κ1) is 12.4. The summed E-state index contributed by atoms with van der Waals surface area (Å²) in [6.07, 6.45) is 0.685. The molecule has 18 heavy (non-hydrogen) atoms. The van der Waals surface area contributed by atoms with Gasteiger partial charge in [0.15, 0.2) is 5.82 Å². The number of hydrogen-bond acceptors (Lipinski definition) is 6. The van der Waals surface area contributed by atoms with Crippen LogP contribution in [0.1, 0.15) is 24.3 Å². The minimum Gasteiger partial charge on any atom is -0.394 e. The van der Waals surface area contributed by atoms with E-state index in [1.165, 1.54) is 0 Å². The van der Waals surface area contributed by atoms with Gasteiger partial charge < -0.3 is 15.6 Å². The quantitative estimate of drug-likeness (QED) is 0.826. The van der Waals surface area contributed by atoms with E-state index < -0.39 is 0 Å². The molecule has 0 atom stereocenters. The molecule has 0 fully saturated rings. The number of aryl methyl sites for hydroxylation is 3. The van der Waals surface area contributed by atoms with Gasteiger partial charge in [0.25, 0.3) is 0 Å². The molecule has 0 saturated heterocycles. The number of nitrogen functional groups attached to an aromatic ring is 1. The molecular weight excluding hydrogens is 232 g/mol. The summed E-state index contributed by atoms with van der Waals surface area (Å²) in [6, 6.07) is 0. The van der Waals surface area contributed by atoms with Gasteiger partial charge in [-0.3, -0.25) is 0 Å². The molecule has 3 N–H and O–H groups in total. The van der Waals surface area contributed by atoms with Crippen molar-refractivity contribution in [2.45, 2.75) is 33.7 Å². The molecule has 0 unspecified atom stereocenters. The number of nitrogens with two attached hydrogens (primary N) is 1. The first-order valence-corrected chi connectivity index (χ1v) is 5.97. The van der Waals surface area contributed by atoms with E-state index in [1.807, 2.05) is 18.5 Å². The fraction of sp³-hybridized carbons (Fsp3) is 0.545. The molecule has 98 valence electrons. The van der Waals surface area contributed by atoms with E-state index in [-0.39, 0.29) is 0 Å². The molecule has 7 heteroatoms. The lowest BCUT2D eigenvalue weighted by Crippen LogP contribution is -2.12. The van der Waals surface area contributed by atoms with Crippen LogP contribution in [0.5, 0.6) is 0 Å². The Morgan fingerprint density at radius 3 is 2.78 bits per heavy atom. The summed E-state index contributed by atoms with van der Waals surface area (Å²) in [7, 11) is 0. The van der Waals surface area contributed by atoms with Crippen molar-refractivity contribution in [3.8, 4) is 0 Å². The Morgan fingerprint density at radius 2 is 2.17 bits per heavy atom. The second kappa shape index (κ2) is 5.07. The lowest BCUT2D eigenvalue weighted by Gasteiger charge is -2.07. The molecule has 0 spiro atoms. The third-order valence-electron chi connectivity index (χ3n) is 2.68. The van der Waals surface area contributed by atoms with Gasteiger partial charge in [-0.15, -0.1) is 0 Å². The Kier molecular flexibility index (Phi) is 3.50. The lowest BCUT2D eigenvalue weighted by molar-refractivity contribution is 0.387. The molecule has 0 aliphatic heterocycles. The fourth-order valence-corrected chi connectivity index (χ4v) is 1.75. The van der Waals surface area contributed by atoms with Crippen LogP contribution in [0.3, 0.4) is 0 Å². The number of nitrogens with one attached hydrogen (secondary N) is 1. The van der Waals surface area contributed by atoms with Crippen LogP contribution in [0.25, 0.3) is 0 Å². The summed E-state index contributed by atoms with van der Waals surface area (Å²) in [5.41, 5.74) is 7.50. The predicted molar refractivity (Wildman–Crippen MR) is 68.3 cm³/mol. The highest BCUT2D eigenvalue weighted by Gasteiger charge is 2.11. The van der Waals surface area contributed by atoms with Crippen molar-refractivity contribution in [1.82, 2.24) is 19.9 Å². The molecule has 7 nitrogen and oxygen atoms in total. The van der Waals surface area contributed by atoms with Crippen LogP contribution < -0.4 is 11.1 Å². The van der Waals surface area contributed by atoms with Gasteiger partial charge >= 0.3 is 0 Å². The van der Waals surface area contributed by atoms with Gasteiger partial charge in [-0.25, -0.2) is 4.68 Å². The van der Waals surface area contributed by atoms with E-state index in [1.54, 1.807) is 6.92 Å². The first-order valence-electron chi connectivity index (χ1n) is 5.97. The first-order chi connectivity index (χ1) is 8.61. The number of anilines is 2.